The van der Waals surface area contributed by atoms with Crippen LogP contribution in [0.1, 0.15) is 11.1 Å². The van der Waals surface area contributed by atoms with Crippen molar-refractivity contribution in [3.63, 3.8) is 0 Å². The van der Waals surface area contributed by atoms with Crippen molar-refractivity contribution in [3.05, 3.63) is 77.2 Å². The van der Waals surface area contributed by atoms with Crippen LogP contribution in [-0.2, 0) is 17.6 Å². The SMILES string of the molecule is O=C(C=CSc1ccccc1)NC1Cc2ccccc2C1. The first-order chi connectivity index (χ1) is 10.3. The molecular formula is C18H17NOS. The average Bonchev–Trinajstić information content (AvgIpc) is 2.90. The van der Waals surface area contributed by atoms with Gasteiger partial charge in [0.25, 0.3) is 0 Å². The lowest BCUT2D eigenvalue weighted by Crippen LogP contribution is -2.33. The average molecular weight is 295 g/mol. The van der Waals surface area contributed by atoms with Crippen LogP contribution in [0.4, 0.5) is 0 Å². The first-order valence-corrected chi connectivity index (χ1v) is 7.95. The molecule has 0 bridgehead atoms. The molecule has 3 rings (SSSR count). The lowest BCUT2D eigenvalue weighted by atomic mass is 10.1. The van der Waals surface area contributed by atoms with E-state index in [1.807, 2.05) is 35.7 Å². The van der Waals surface area contributed by atoms with Gasteiger partial charge in [0.15, 0.2) is 0 Å². The van der Waals surface area contributed by atoms with Crippen LogP contribution < -0.4 is 5.32 Å². The zero-order valence-corrected chi connectivity index (χ0v) is 12.5. The number of hydrogen-bond donors (Lipinski definition) is 1. The van der Waals surface area contributed by atoms with Crippen molar-refractivity contribution >= 4 is 17.7 Å². The second-order valence-corrected chi connectivity index (χ2v) is 6.10. The van der Waals surface area contributed by atoms with Gasteiger partial charge in [0, 0.05) is 17.0 Å². The number of amides is 1. The zero-order chi connectivity index (χ0) is 14.5. The van der Waals surface area contributed by atoms with Crippen LogP contribution in [0, 0.1) is 0 Å². The lowest BCUT2D eigenvalue weighted by Gasteiger charge is -2.09. The highest BCUT2D eigenvalue weighted by atomic mass is 32.2. The van der Waals surface area contributed by atoms with Gasteiger partial charge in [-0.05, 0) is 41.5 Å². The van der Waals surface area contributed by atoms with Crippen molar-refractivity contribution in [2.24, 2.45) is 0 Å². The Bertz CT molecular complexity index is 626. The smallest absolute Gasteiger partial charge is 0.244 e. The highest BCUT2D eigenvalue weighted by Crippen LogP contribution is 2.22. The van der Waals surface area contributed by atoms with Crippen molar-refractivity contribution in [1.29, 1.82) is 0 Å². The van der Waals surface area contributed by atoms with Crippen molar-refractivity contribution in [2.45, 2.75) is 23.8 Å². The minimum absolute atomic E-state index is 0.0174. The molecule has 1 N–H and O–H groups in total. The molecule has 0 saturated heterocycles. The summed E-state index contributed by atoms with van der Waals surface area (Å²) in [4.78, 5) is 13.1. The molecule has 1 amide bonds. The third kappa shape index (κ3) is 3.76. The Morgan fingerprint density at radius 3 is 2.29 bits per heavy atom. The maximum Gasteiger partial charge on any atom is 0.244 e. The molecule has 2 aromatic carbocycles. The Morgan fingerprint density at radius 2 is 1.62 bits per heavy atom. The first-order valence-electron chi connectivity index (χ1n) is 7.07. The molecule has 0 radical (unpaired) electrons. The molecule has 1 aliphatic rings. The number of carbonyl (C=O) groups excluding carboxylic acids is 1. The van der Waals surface area contributed by atoms with Crippen molar-refractivity contribution in [3.8, 4) is 0 Å². The van der Waals surface area contributed by atoms with Gasteiger partial charge in [0.1, 0.15) is 0 Å². The molecular weight excluding hydrogens is 278 g/mol. The number of nitrogens with one attached hydrogen (secondary N) is 1. The molecule has 2 nitrogen and oxygen atoms in total. The molecule has 0 atom stereocenters. The van der Waals surface area contributed by atoms with E-state index < -0.39 is 0 Å². The number of carbonyl (C=O) groups is 1. The van der Waals surface area contributed by atoms with Crippen LogP contribution in [-0.4, -0.2) is 11.9 Å². The first kappa shape index (κ1) is 14.0. The third-order valence-electron chi connectivity index (χ3n) is 3.56. The molecule has 0 saturated carbocycles. The number of rotatable bonds is 4. The summed E-state index contributed by atoms with van der Waals surface area (Å²) in [5.74, 6) is -0.0174. The van der Waals surface area contributed by atoms with E-state index in [0.29, 0.717) is 0 Å². The Hall–Kier alpha value is -2.00. The predicted octanol–water partition coefficient (Wildman–Crippen LogP) is 3.58. The Kier molecular flexibility index (Phi) is 4.41. The fourth-order valence-corrected chi connectivity index (χ4v) is 3.25. The highest BCUT2D eigenvalue weighted by molar-refractivity contribution is 8.02. The van der Waals surface area contributed by atoms with Gasteiger partial charge in [-0.25, -0.2) is 0 Å². The molecule has 0 heterocycles. The molecule has 0 spiro atoms. The highest BCUT2D eigenvalue weighted by Gasteiger charge is 2.21. The number of hydrogen-bond acceptors (Lipinski definition) is 2. The molecule has 0 fully saturated rings. The second kappa shape index (κ2) is 6.64. The van der Waals surface area contributed by atoms with Gasteiger partial charge >= 0.3 is 0 Å². The van der Waals surface area contributed by atoms with Crippen LogP contribution in [0.2, 0.25) is 0 Å². The van der Waals surface area contributed by atoms with Crippen LogP contribution in [0.3, 0.4) is 0 Å². The van der Waals surface area contributed by atoms with Crippen LogP contribution in [0.5, 0.6) is 0 Å². The summed E-state index contributed by atoms with van der Waals surface area (Å²) in [6.45, 7) is 0. The largest absolute Gasteiger partial charge is 0.349 e. The van der Waals surface area contributed by atoms with Crippen LogP contribution >= 0.6 is 11.8 Å². The molecule has 2 aromatic rings. The van der Waals surface area contributed by atoms with Gasteiger partial charge in [-0.1, -0.05) is 54.2 Å². The Labute approximate surface area is 129 Å². The molecule has 1 aliphatic carbocycles. The van der Waals surface area contributed by atoms with Gasteiger partial charge in [-0.15, -0.1) is 0 Å². The summed E-state index contributed by atoms with van der Waals surface area (Å²) < 4.78 is 0. The van der Waals surface area contributed by atoms with E-state index in [4.69, 9.17) is 0 Å². The monoisotopic (exact) mass is 295 g/mol. The second-order valence-electron chi connectivity index (χ2n) is 5.12. The molecule has 0 aromatic heterocycles. The molecule has 3 heteroatoms. The van der Waals surface area contributed by atoms with Gasteiger partial charge < -0.3 is 5.32 Å². The van der Waals surface area contributed by atoms with E-state index in [2.05, 4.69) is 29.6 Å². The van der Waals surface area contributed by atoms with E-state index in [9.17, 15) is 4.79 Å². The van der Waals surface area contributed by atoms with Crippen molar-refractivity contribution < 1.29 is 4.79 Å². The minimum Gasteiger partial charge on any atom is -0.349 e. The lowest BCUT2D eigenvalue weighted by molar-refractivity contribution is -0.117. The van der Waals surface area contributed by atoms with Crippen molar-refractivity contribution in [2.75, 3.05) is 0 Å². The predicted molar refractivity (Wildman–Crippen MR) is 87.2 cm³/mol. The number of thioether (sulfide) groups is 1. The summed E-state index contributed by atoms with van der Waals surface area (Å²) in [5, 5.41) is 4.91. The maximum atomic E-state index is 11.9. The summed E-state index contributed by atoms with van der Waals surface area (Å²) >= 11 is 1.55. The van der Waals surface area contributed by atoms with Gasteiger partial charge in [-0.3, -0.25) is 4.79 Å². The maximum absolute atomic E-state index is 11.9. The van der Waals surface area contributed by atoms with E-state index in [-0.39, 0.29) is 11.9 Å². The Balaban J connectivity index is 1.49. The summed E-state index contributed by atoms with van der Waals surface area (Å²) in [6, 6.07) is 18.6. The van der Waals surface area contributed by atoms with E-state index >= 15 is 0 Å². The molecule has 0 aliphatic heterocycles. The van der Waals surface area contributed by atoms with Crippen molar-refractivity contribution in [1.82, 2.24) is 5.32 Å². The zero-order valence-electron chi connectivity index (χ0n) is 11.7. The summed E-state index contributed by atoms with van der Waals surface area (Å²) in [6.07, 6.45) is 3.48. The summed E-state index contributed by atoms with van der Waals surface area (Å²) in [5.41, 5.74) is 2.70. The van der Waals surface area contributed by atoms with Gasteiger partial charge in [-0.2, -0.15) is 0 Å². The van der Waals surface area contributed by atoms with Gasteiger partial charge in [0.2, 0.25) is 5.91 Å². The Morgan fingerprint density at radius 1 is 1.00 bits per heavy atom. The number of benzene rings is 2. The normalized spacial score (nSPS) is 14.3. The van der Waals surface area contributed by atoms with Crippen LogP contribution in [0.25, 0.3) is 0 Å². The van der Waals surface area contributed by atoms with E-state index in [1.165, 1.54) is 11.1 Å². The quantitative estimate of drug-likeness (QED) is 0.690. The topological polar surface area (TPSA) is 29.1 Å². The molecule has 106 valence electrons. The van der Waals surface area contributed by atoms with E-state index in [0.717, 1.165) is 17.7 Å². The molecule has 21 heavy (non-hydrogen) atoms. The molecule has 0 unspecified atom stereocenters. The van der Waals surface area contributed by atoms with E-state index in [1.54, 1.807) is 17.8 Å². The minimum atomic E-state index is -0.0174. The van der Waals surface area contributed by atoms with Crippen LogP contribution in [0.15, 0.2) is 71.0 Å². The standard InChI is InChI=1S/C18H17NOS/c20-18(10-11-21-17-8-2-1-3-9-17)19-16-12-14-6-4-5-7-15(14)13-16/h1-11,16H,12-13H2,(H,19,20). The van der Waals surface area contributed by atoms with Gasteiger partial charge in [0.05, 0.1) is 0 Å². The summed E-state index contributed by atoms with van der Waals surface area (Å²) in [7, 11) is 0. The fourth-order valence-electron chi connectivity index (χ4n) is 2.58. The number of fused-ring (bicyclic) bond motifs is 1. The third-order valence-corrected chi connectivity index (χ3v) is 4.38. The fraction of sp³-hybridized carbons (Fsp3) is 0.167.